The smallest absolute Gasteiger partial charge is 0.264 e. The molecular weight excluding hydrogens is 791 g/mol. The topological polar surface area (TPSA) is 118 Å². The summed E-state index contributed by atoms with van der Waals surface area (Å²) in [4.78, 5) is 4.62. The van der Waals surface area contributed by atoms with Crippen LogP contribution in [0.1, 0.15) is 77.3 Å². The molecule has 2 heterocycles. The zero-order valence-corrected chi connectivity index (χ0v) is 36.6. The van der Waals surface area contributed by atoms with Crippen LogP contribution in [0.15, 0.2) is 156 Å². The Kier molecular flexibility index (Phi) is 12.5. The van der Waals surface area contributed by atoms with Crippen LogP contribution in [-0.4, -0.2) is 56.2 Å². The maximum Gasteiger partial charge on any atom is 0.264 e. The van der Waals surface area contributed by atoms with Crippen LogP contribution in [0.5, 0.6) is 0 Å². The molecule has 0 spiro atoms. The number of hydrogen-bond acceptors (Lipinski definition) is 6. The van der Waals surface area contributed by atoms with Gasteiger partial charge in [-0.1, -0.05) is 113 Å². The van der Waals surface area contributed by atoms with Gasteiger partial charge in [0.2, 0.25) is 17.1 Å². The van der Waals surface area contributed by atoms with E-state index in [2.05, 4.69) is 151 Å². The summed E-state index contributed by atoms with van der Waals surface area (Å²) in [5, 5.41) is 0. The van der Waals surface area contributed by atoms with Gasteiger partial charge in [0.15, 0.2) is 0 Å². The number of hydrogen-bond donors (Lipinski definition) is 2. The Morgan fingerprint density at radius 1 is 0.533 bits per heavy atom. The van der Waals surface area contributed by atoms with Crippen LogP contribution >= 0.6 is 0 Å². The van der Waals surface area contributed by atoms with Crippen molar-refractivity contribution in [1.82, 2.24) is 4.58 Å². The second-order valence-electron chi connectivity index (χ2n) is 16.9. The molecule has 0 radical (unpaired) electrons. The minimum absolute atomic E-state index is 0.261. The normalized spacial score (nSPS) is 19.8. The molecule has 0 amide bonds. The average Bonchev–Trinajstić information content (AvgIpc) is 3.78. The van der Waals surface area contributed by atoms with Crippen molar-refractivity contribution in [2.24, 2.45) is 0 Å². The van der Waals surface area contributed by atoms with Gasteiger partial charge in [-0.2, -0.15) is 21.4 Å². The van der Waals surface area contributed by atoms with Crippen LogP contribution in [0, 0.1) is 0 Å². The maximum atomic E-state index is 11.5. The van der Waals surface area contributed by atoms with Crippen LogP contribution in [0.4, 0.5) is 22.7 Å². The molecule has 0 unspecified atom stereocenters. The zero-order chi connectivity index (χ0) is 42.7. The van der Waals surface area contributed by atoms with Gasteiger partial charge in [0.1, 0.15) is 0 Å². The summed E-state index contributed by atoms with van der Waals surface area (Å²) in [5.74, 6) is -0.523. The Balaban J connectivity index is 1.35. The van der Waals surface area contributed by atoms with Gasteiger partial charge >= 0.3 is 0 Å². The van der Waals surface area contributed by atoms with Crippen molar-refractivity contribution >= 4 is 48.7 Å². The minimum Gasteiger partial charge on any atom is -0.344 e. The summed E-state index contributed by atoms with van der Waals surface area (Å²) in [7, 11) is -8.08. The van der Waals surface area contributed by atoms with Gasteiger partial charge < -0.3 is 9.80 Å². The number of allylic oxidation sites excluding steroid dienone is 8. The number of fused-ring (bicyclic) bond motifs is 2. The van der Waals surface area contributed by atoms with Crippen LogP contribution in [0.2, 0.25) is 0 Å². The van der Waals surface area contributed by atoms with E-state index in [0.29, 0.717) is 38.8 Å². The largest absolute Gasteiger partial charge is 0.344 e. The molecule has 1 fully saturated rings. The van der Waals surface area contributed by atoms with Crippen molar-refractivity contribution in [3.8, 4) is 0 Å². The van der Waals surface area contributed by atoms with E-state index in [0.717, 1.165) is 52.7 Å². The first kappa shape index (κ1) is 43.0. The molecule has 3 aliphatic rings. The number of benzene rings is 4. The molecule has 11 heteroatoms. The van der Waals surface area contributed by atoms with E-state index in [-0.39, 0.29) is 22.3 Å². The van der Waals surface area contributed by atoms with Crippen molar-refractivity contribution in [2.45, 2.75) is 77.0 Å². The lowest BCUT2D eigenvalue weighted by Crippen LogP contribution is -2.27. The van der Waals surface area contributed by atoms with E-state index in [4.69, 9.17) is 0 Å². The number of para-hydroxylation sites is 4. The second-order valence-corrected chi connectivity index (χ2v) is 20.1. The SMILES string of the molecule is CC1(C)C(=CC=C2CC/C(=C\C=C3\N(CCCCS(=O)(=O)O)c4ccccc4C3(C)C)C2=[N+](c2ccccc2)c2ccccc2)N(CCCCS(=O)(=O)O)c2ccccc21. The van der Waals surface area contributed by atoms with Gasteiger partial charge in [-0.3, -0.25) is 9.11 Å². The highest BCUT2D eigenvalue weighted by Crippen LogP contribution is 2.49. The highest BCUT2D eigenvalue weighted by molar-refractivity contribution is 7.86. The molecule has 0 bridgehead atoms. The number of anilines is 2. The molecule has 1 saturated carbocycles. The summed E-state index contributed by atoms with van der Waals surface area (Å²) in [6.07, 6.45) is 12.6. The lowest BCUT2D eigenvalue weighted by Gasteiger charge is -2.27. The van der Waals surface area contributed by atoms with Crippen molar-refractivity contribution in [3.05, 3.63) is 167 Å². The molecule has 1 aliphatic carbocycles. The highest BCUT2D eigenvalue weighted by Gasteiger charge is 2.41. The zero-order valence-electron chi connectivity index (χ0n) is 35.0. The van der Waals surface area contributed by atoms with E-state index >= 15 is 0 Å². The molecule has 314 valence electrons. The van der Waals surface area contributed by atoms with Crippen molar-refractivity contribution in [3.63, 3.8) is 0 Å². The third kappa shape index (κ3) is 9.29. The van der Waals surface area contributed by atoms with E-state index < -0.39 is 20.2 Å². The monoisotopic (exact) mass is 846 g/mol. The molecule has 9 nitrogen and oxygen atoms in total. The molecule has 60 heavy (non-hydrogen) atoms. The molecular formula is C49H56N3O6S2+. The van der Waals surface area contributed by atoms with Crippen molar-refractivity contribution in [2.75, 3.05) is 34.4 Å². The molecule has 0 saturated heterocycles. The van der Waals surface area contributed by atoms with E-state index in [1.165, 1.54) is 22.3 Å². The molecule has 2 aliphatic heterocycles. The lowest BCUT2D eigenvalue weighted by atomic mass is 9.83. The molecule has 7 rings (SSSR count). The summed E-state index contributed by atoms with van der Waals surface area (Å²) >= 11 is 0. The third-order valence-corrected chi connectivity index (χ3v) is 13.7. The first-order valence-corrected chi connectivity index (χ1v) is 24.0. The first-order chi connectivity index (χ1) is 28.6. The molecule has 4 aromatic carbocycles. The van der Waals surface area contributed by atoms with E-state index in [1.807, 2.05) is 24.3 Å². The number of nitrogens with zero attached hydrogens (tertiary/aromatic N) is 3. The van der Waals surface area contributed by atoms with Gasteiger partial charge in [0.05, 0.1) is 11.5 Å². The fourth-order valence-electron chi connectivity index (χ4n) is 9.12. The fraction of sp³-hybridized carbons (Fsp3) is 0.327. The predicted octanol–water partition coefficient (Wildman–Crippen LogP) is 10.3. The summed E-state index contributed by atoms with van der Waals surface area (Å²) in [5.41, 5.74) is 11.9. The molecule has 4 aromatic rings. The van der Waals surface area contributed by atoms with Gasteiger partial charge in [0.25, 0.3) is 20.2 Å². The maximum absolute atomic E-state index is 11.5. The number of rotatable bonds is 14. The second kappa shape index (κ2) is 17.5. The van der Waals surface area contributed by atoms with E-state index in [9.17, 15) is 25.9 Å². The third-order valence-electron chi connectivity index (χ3n) is 12.1. The van der Waals surface area contributed by atoms with Crippen LogP contribution < -0.4 is 14.4 Å². The van der Waals surface area contributed by atoms with Gasteiger partial charge in [-0.05, 0) is 73.9 Å². The van der Waals surface area contributed by atoms with Crippen LogP contribution in [0.3, 0.4) is 0 Å². The van der Waals surface area contributed by atoms with Crippen LogP contribution in [0.25, 0.3) is 0 Å². The van der Waals surface area contributed by atoms with Gasteiger partial charge in [-0.25, -0.2) is 0 Å². The summed E-state index contributed by atoms with van der Waals surface area (Å²) in [6.45, 7) is 10.2. The van der Waals surface area contributed by atoms with Gasteiger partial charge in [-0.15, -0.1) is 0 Å². The quantitative estimate of drug-likeness (QED) is 0.0732. The Morgan fingerprint density at radius 2 is 0.900 bits per heavy atom. The van der Waals surface area contributed by atoms with Gasteiger partial charge in [0, 0.05) is 82.1 Å². The van der Waals surface area contributed by atoms with Crippen molar-refractivity contribution < 1.29 is 25.9 Å². The fourth-order valence-corrected chi connectivity index (χ4v) is 10.3. The molecule has 0 atom stereocenters. The Hall–Kier alpha value is -5.07. The Morgan fingerprint density at radius 3 is 1.28 bits per heavy atom. The predicted molar refractivity (Wildman–Crippen MR) is 246 cm³/mol. The first-order valence-electron chi connectivity index (χ1n) is 20.8. The Bertz CT molecular complexity index is 2430. The summed E-state index contributed by atoms with van der Waals surface area (Å²) in [6, 6.07) is 37.7. The average molecular weight is 847 g/mol. The standard InChI is InChI=1S/C49H55N3O6S2/c1-48(2)41-23-11-13-25-43(41)50(33-15-17-35-59(53,54)55)45(48)31-29-37-27-28-38(47(37)52(39-19-7-5-8-20-39)40-21-9-6-10-22-40)30-32-46-49(3,4)42-24-12-14-26-44(42)51(46)34-16-18-36-60(56,57)58/h5-14,19-26,29-32H,15-18,27-28,33-36H2,1-4H3,(H-,53,54,55,56,57,58)/p+1. The lowest BCUT2D eigenvalue weighted by molar-refractivity contribution is 0.478. The van der Waals surface area contributed by atoms with Crippen LogP contribution in [-0.2, 0) is 31.1 Å². The summed E-state index contributed by atoms with van der Waals surface area (Å²) < 4.78 is 67.3. The highest BCUT2D eigenvalue weighted by atomic mass is 32.2. The van der Waals surface area contributed by atoms with Crippen molar-refractivity contribution in [1.29, 1.82) is 0 Å². The minimum atomic E-state index is -4.04. The molecule has 2 N–H and O–H groups in total. The molecule has 0 aromatic heterocycles. The number of unbranched alkanes of at least 4 members (excludes halogenated alkanes) is 2. The van der Waals surface area contributed by atoms with E-state index in [1.54, 1.807) is 0 Å². The Labute approximate surface area is 356 Å².